The van der Waals surface area contributed by atoms with Crippen LogP contribution < -0.4 is 15.5 Å². The second-order valence-electron chi connectivity index (χ2n) is 6.81. The summed E-state index contributed by atoms with van der Waals surface area (Å²) >= 11 is 0. The topological polar surface area (TPSA) is 60.5 Å². The maximum Gasteiger partial charge on any atom is 0.256 e. The van der Waals surface area contributed by atoms with Gasteiger partial charge in [0.1, 0.15) is 11.6 Å². The van der Waals surface area contributed by atoms with Gasteiger partial charge < -0.3 is 15.5 Å². The Hall–Kier alpha value is -2.34. The van der Waals surface area contributed by atoms with Crippen LogP contribution in [-0.4, -0.2) is 55.1 Å². The van der Waals surface area contributed by atoms with Gasteiger partial charge in [-0.15, -0.1) is 0 Å². The molecular weight excluding hydrogens is 326 g/mol. The van der Waals surface area contributed by atoms with E-state index in [-0.39, 0.29) is 5.91 Å². The minimum atomic E-state index is -0.140. The molecule has 1 aromatic rings. The summed E-state index contributed by atoms with van der Waals surface area (Å²) in [6.45, 7) is 12.3. The molecule has 0 saturated carbocycles. The molecule has 1 aromatic heterocycles. The van der Waals surface area contributed by atoms with Crippen molar-refractivity contribution in [3.05, 3.63) is 47.4 Å². The van der Waals surface area contributed by atoms with Crippen molar-refractivity contribution >= 4 is 11.7 Å². The van der Waals surface area contributed by atoms with Crippen molar-refractivity contribution in [3.63, 3.8) is 0 Å². The third-order valence-electron chi connectivity index (χ3n) is 4.72. The van der Waals surface area contributed by atoms with Crippen LogP contribution in [0.5, 0.6) is 0 Å². The van der Waals surface area contributed by atoms with Crippen LogP contribution in [0.15, 0.2) is 41.9 Å². The van der Waals surface area contributed by atoms with Crippen LogP contribution in [0.3, 0.4) is 0 Å². The summed E-state index contributed by atoms with van der Waals surface area (Å²) in [7, 11) is 1.79. The van der Waals surface area contributed by atoms with Crippen LogP contribution >= 0.6 is 0 Å². The number of rotatable bonds is 6. The molecule has 2 heterocycles. The van der Waals surface area contributed by atoms with E-state index in [0.717, 1.165) is 37.6 Å². The van der Waals surface area contributed by atoms with Crippen LogP contribution in [0.2, 0.25) is 0 Å². The molecule has 0 bridgehead atoms. The predicted octanol–water partition coefficient (Wildman–Crippen LogP) is 2.37. The number of carbonyl (C=O) groups excluding carboxylic acids is 1. The number of amides is 1. The van der Waals surface area contributed by atoms with E-state index in [1.807, 2.05) is 32.1 Å². The SMILES string of the molecule is C/C=C(C)/C=C(\NC)NC(=O)c1ccnc(N2CCN(C(C)C)CC2)c1. The smallest absolute Gasteiger partial charge is 0.256 e. The van der Waals surface area contributed by atoms with Gasteiger partial charge in [-0.2, -0.15) is 0 Å². The molecule has 6 heteroatoms. The highest BCUT2D eigenvalue weighted by Gasteiger charge is 2.20. The number of pyridine rings is 1. The molecule has 142 valence electrons. The van der Waals surface area contributed by atoms with Gasteiger partial charge in [-0.05, 0) is 45.9 Å². The Labute approximate surface area is 157 Å². The Bertz CT molecular complexity index is 673. The van der Waals surface area contributed by atoms with Crippen molar-refractivity contribution in [1.82, 2.24) is 20.5 Å². The molecule has 0 atom stereocenters. The number of nitrogens with one attached hydrogen (secondary N) is 2. The van der Waals surface area contributed by atoms with E-state index in [2.05, 4.69) is 39.3 Å². The fraction of sp³-hybridized carbons (Fsp3) is 0.500. The molecule has 0 aliphatic carbocycles. The number of hydrogen-bond donors (Lipinski definition) is 2. The molecule has 1 aliphatic heterocycles. The molecule has 2 N–H and O–H groups in total. The molecule has 1 amide bonds. The van der Waals surface area contributed by atoms with Crippen LogP contribution in [0.1, 0.15) is 38.1 Å². The second-order valence-corrected chi connectivity index (χ2v) is 6.81. The molecule has 0 aromatic carbocycles. The van der Waals surface area contributed by atoms with Gasteiger partial charge in [-0.1, -0.05) is 11.6 Å². The highest BCUT2D eigenvalue weighted by molar-refractivity contribution is 5.95. The molecule has 1 aliphatic rings. The fourth-order valence-electron chi connectivity index (χ4n) is 2.88. The highest BCUT2D eigenvalue weighted by atomic mass is 16.1. The van der Waals surface area contributed by atoms with Gasteiger partial charge in [-0.3, -0.25) is 9.69 Å². The largest absolute Gasteiger partial charge is 0.375 e. The van der Waals surface area contributed by atoms with Gasteiger partial charge in [0.25, 0.3) is 5.91 Å². The summed E-state index contributed by atoms with van der Waals surface area (Å²) in [6, 6.07) is 4.18. The summed E-state index contributed by atoms with van der Waals surface area (Å²) in [5.41, 5.74) is 1.69. The van der Waals surface area contributed by atoms with Crippen molar-refractivity contribution in [2.24, 2.45) is 0 Å². The maximum absolute atomic E-state index is 12.6. The first-order chi connectivity index (χ1) is 12.4. The van der Waals surface area contributed by atoms with Crippen molar-refractivity contribution in [1.29, 1.82) is 0 Å². The Kier molecular flexibility index (Phi) is 7.21. The standard InChI is InChI=1S/C20H31N5O/c1-6-16(4)13-18(21-5)23-20(26)17-7-8-22-19(14-17)25-11-9-24(10-12-25)15(2)3/h6-8,13-15,21H,9-12H2,1-5H3,(H,23,26)/b16-6+,18-13+. The molecule has 2 rings (SSSR count). The lowest BCUT2D eigenvalue weighted by Gasteiger charge is -2.37. The first-order valence-corrected chi connectivity index (χ1v) is 9.23. The number of hydrogen-bond acceptors (Lipinski definition) is 5. The highest BCUT2D eigenvalue weighted by Crippen LogP contribution is 2.16. The average molecular weight is 358 g/mol. The lowest BCUT2D eigenvalue weighted by molar-refractivity contribution is 0.0963. The third-order valence-corrected chi connectivity index (χ3v) is 4.72. The molecule has 6 nitrogen and oxygen atoms in total. The normalized spacial score (nSPS) is 16.8. The summed E-state index contributed by atoms with van der Waals surface area (Å²) < 4.78 is 0. The number of aromatic nitrogens is 1. The number of piperazine rings is 1. The summed E-state index contributed by atoms with van der Waals surface area (Å²) in [5.74, 6) is 1.40. The predicted molar refractivity (Wildman–Crippen MR) is 107 cm³/mol. The lowest BCUT2D eigenvalue weighted by atomic mass is 10.2. The zero-order chi connectivity index (χ0) is 19.1. The van der Waals surface area contributed by atoms with Crippen LogP contribution in [0, 0.1) is 0 Å². The number of anilines is 1. The molecule has 0 spiro atoms. The average Bonchev–Trinajstić information content (AvgIpc) is 2.67. The molecule has 1 saturated heterocycles. The Balaban J connectivity index is 2.07. The third kappa shape index (κ3) is 5.33. The number of nitrogens with zero attached hydrogens (tertiary/aromatic N) is 3. The van der Waals surface area contributed by atoms with Crippen molar-refractivity contribution in [2.45, 2.75) is 33.7 Å². The summed E-state index contributed by atoms with van der Waals surface area (Å²) in [4.78, 5) is 21.8. The van der Waals surface area contributed by atoms with Crippen molar-refractivity contribution in [3.8, 4) is 0 Å². The van der Waals surface area contributed by atoms with Gasteiger partial charge in [0.2, 0.25) is 0 Å². The van der Waals surface area contributed by atoms with Crippen LogP contribution in [0.4, 0.5) is 5.82 Å². The van der Waals surface area contributed by atoms with Crippen LogP contribution in [-0.2, 0) is 0 Å². The van der Waals surface area contributed by atoms with Gasteiger partial charge >= 0.3 is 0 Å². The molecule has 0 unspecified atom stereocenters. The Morgan fingerprint density at radius 2 is 1.96 bits per heavy atom. The number of carbonyl (C=O) groups is 1. The Morgan fingerprint density at radius 1 is 1.27 bits per heavy atom. The van der Waals surface area contributed by atoms with Crippen molar-refractivity contribution < 1.29 is 4.79 Å². The first-order valence-electron chi connectivity index (χ1n) is 9.23. The van der Waals surface area contributed by atoms with Gasteiger partial charge in [0.05, 0.1) is 0 Å². The molecular formula is C20H31N5O. The van der Waals surface area contributed by atoms with Crippen LogP contribution in [0.25, 0.3) is 0 Å². The van der Waals surface area contributed by atoms with E-state index >= 15 is 0 Å². The van der Waals surface area contributed by atoms with Gasteiger partial charge in [0.15, 0.2) is 0 Å². The zero-order valence-corrected chi connectivity index (χ0v) is 16.5. The zero-order valence-electron chi connectivity index (χ0n) is 16.5. The van der Waals surface area contributed by atoms with E-state index in [0.29, 0.717) is 17.4 Å². The monoisotopic (exact) mass is 357 g/mol. The van der Waals surface area contributed by atoms with Gasteiger partial charge in [-0.25, -0.2) is 4.98 Å². The van der Waals surface area contributed by atoms with Gasteiger partial charge in [0, 0.05) is 51.0 Å². The second kappa shape index (κ2) is 9.38. The van der Waals surface area contributed by atoms with E-state index in [9.17, 15) is 4.79 Å². The first kappa shape index (κ1) is 20.0. The maximum atomic E-state index is 12.6. The fourth-order valence-corrected chi connectivity index (χ4v) is 2.88. The Morgan fingerprint density at radius 3 is 2.54 bits per heavy atom. The molecule has 1 fully saturated rings. The number of allylic oxidation sites excluding steroid dienone is 3. The van der Waals surface area contributed by atoms with E-state index in [1.165, 1.54) is 0 Å². The van der Waals surface area contributed by atoms with E-state index in [4.69, 9.17) is 0 Å². The summed E-state index contributed by atoms with van der Waals surface area (Å²) in [5, 5.41) is 5.93. The van der Waals surface area contributed by atoms with Crippen molar-refractivity contribution in [2.75, 3.05) is 38.1 Å². The quantitative estimate of drug-likeness (QED) is 0.766. The lowest BCUT2D eigenvalue weighted by Crippen LogP contribution is -2.49. The van der Waals surface area contributed by atoms with E-state index < -0.39 is 0 Å². The van der Waals surface area contributed by atoms with E-state index in [1.54, 1.807) is 19.3 Å². The minimum absolute atomic E-state index is 0.140. The molecule has 26 heavy (non-hydrogen) atoms. The minimum Gasteiger partial charge on any atom is -0.375 e. The summed E-state index contributed by atoms with van der Waals surface area (Å²) in [6.07, 6.45) is 5.61. The molecule has 0 radical (unpaired) electrons.